The van der Waals surface area contributed by atoms with E-state index in [4.69, 9.17) is 5.26 Å². The number of hydrogen-bond acceptors (Lipinski definition) is 3. The molecule has 1 aromatic rings. The summed E-state index contributed by atoms with van der Waals surface area (Å²) in [4.78, 5) is 11.2. The number of esters is 1. The van der Waals surface area contributed by atoms with Gasteiger partial charge in [0.05, 0.1) is 29.9 Å². The lowest BCUT2D eigenvalue weighted by atomic mass is 9.99. The molecule has 0 radical (unpaired) electrons. The van der Waals surface area contributed by atoms with Crippen LogP contribution in [0.15, 0.2) is 12.1 Å². The lowest BCUT2D eigenvalue weighted by molar-refractivity contribution is -0.138. The van der Waals surface area contributed by atoms with Crippen LogP contribution in [0.2, 0.25) is 0 Å². The Kier molecular flexibility index (Phi) is 3.42. The summed E-state index contributed by atoms with van der Waals surface area (Å²) in [6, 6.07) is 3.38. The number of benzene rings is 1. The lowest BCUT2D eigenvalue weighted by Gasteiger charge is -2.12. The first kappa shape index (κ1) is 13.0. The number of halogens is 3. The summed E-state index contributed by atoms with van der Waals surface area (Å²) in [5.74, 6) is -0.910. The minimum atomic E-state index is -4.61. The van der Waals surface area contributed by atoms with E-state index in [-0.39, 0.29) is 16.7 Å². The zero-order valence-electron chi connectivity index (χ0n) is 9.05. The van der Waals surface area contributed by atoms with Gasteiger partial charge in [0, 0.05) is 0 Å². The Labute approximate surface area is 95.4 Å². The highest BCUT2D eigenvalue weighted by molar-refractivity contribution is 5.90. The lowest BCUT2D eigenvalue weighted by Crippen LogP contribution is -2.12. The molecule has 0 N–H and O–H groups in total. The maximum atomic E-state index is 12.7. The van der Waals surface area contributed by atoms with Crippen molar-refractivity contribution in [3.8, 4) is 6.07 Å². The van der Waals surface area contributed by atoms with Crippen LogP contribution in [0.5, 0.6) is 0 Å². The minimum absolute atomic E-state index is 0.194. The van der Waals surface area contributed by atoms with Crippen LogP contribution in [0.25, 0.3) is 0 Å². The van der Waals surface area contributed by atoms with Crippen LogP contribution in [-0.4, -0.2) is 13.1 Å². The molecule has 0 aliphatic rings. The van der Waals surface area contributed by atoms with E-state index in [1.165, 1.54) is 6.92 Å². The van der Waals surface area contributed by atoms with Gasteiger partial charge >= 0.3 is 12.1 Å². The van der Waals surface area contributed by atoms with Crippen molar-refractivity contribution in [3.63, 3.8) is 0 Å². The standard InChI is InChI=1S/C11H8F3NO2/c1-6-8(5-15)3-7(10(16)17-2)4-9(6)11(12,13)14/h3-4H,1-2H3. The molecular weight excluding hydrogens is 235 g/mol. The van der Waals surface area contributed by atoms with Crippen molar-refractivity contribution in [1.29, 1.82) is 5.26 Å². The Hall–Kier alpha value is -2.03. The van der Waals surface area contributed by atoms with E-state index in [1.807, 2.05) is 0 Å². The van der Waals surface area contributed by atoms with Crippen LogP contribution < -0.4 is 0 Å². The molecule has 0 saturated carbocycles. The van der Waals surface area contributed by atoms with Crippen LogP contribution in [0.4, 0.5) is 13.2 Å². The van der Waals surface area contributed by atoms with E-state index in [0.717, 1.165) is 13.2 Å². The van der Waals surface area contributed by atoms with Crippen molar-refractivity contribution in [2.45, 2.75) is 13.1 Å². The van der Waals surface area contributed by atoms with Crippen molar-refractivity contribution in [2.75, 3.05) is 7.11 Å². The monoisotopic (exact) mass is 243 g/mol. The first-order valence-electron chi connectivity index (χ1n) is 4.51. The average Bonchev–Trinajstić information content (AvgIpc) is 2.26. The third-order valence-corrected chi connectivity index (χ3v) is 2.25. The molecule has 6 heteroatoms. The fourth-order valence-electron chi connectivity index (χ4n) is 1.36. The van der Waals surface area contributed by atoms with Crippen LogP contribution in [-0.2, 0) is 10.9 Å². The number of methoxy groups -OCH3 is 1. The molecule has 1 aromatic carbocycles. The molecule has 0 spiro atoms. The quantitative estimate of drug-likeness (QED) is 0.712. The maximum absolute atomic E-state index is 12.7. The van der Waals surface area contributed by atoms with Crippen molar-refractivity contribution >= 4 is 5.97 Å². The molecule has 0 atom stereocenters. The van der Waals surface area contributed by atoms with Crippen molar-refractivity contribution in [3.05, 3.63) is 34.4 Å². The van der Waals surface area contributed by atoms with Gasteiger partial charge in [-0.3, -0.25) is 0 Å². The van der Waals surface area contributed by atoms with E-state index in [1.54, 1.807) is 6.07 Å². The van der Waals surface area contributed by atoms with Gasteiger partial charge in [-0.1, -0.05) is 0 Å². The number of hydrogen-bond donors (Lipinski definition) is 0. The number of ether oxygens (including phenoxy) is 1. The van der Waals surface area contributed by atoms with Gasteiger partial charge in [-0.15, -0.1) is 0 Å². The Balaban J connectivity index is 3.51. The first-order chi connectivity index (χ1) is 7.81. The summed E-state index contributed by atoms with van der Waals surface area (Å²) in [6.07, 6.45) is -4.61. The van der Waals surface area contributed by atoms with Crippen molar-refractivity contribution in [1.82, 2.24) is 0 Å². The molecule has 0 aromatic heterocycles. The SMILES string of the molecule is COC(=O)c1cc(C#N)c(C)c(C(F)(F)F)c1. The number of nitrogens with zero attached hydrogens (tertiary/aromatic N) is 1. The predicted octanol–water partition coefficient (Wildman–Crippen LogP) is 2.67. The smallest absolute Gasteiger partial charge is 0.416 e. The first-order valence-corrected chi connectivity index (χ1v) is 4.51. The van der Waals surface area contributed by atoms with Gasteiger partial charge in [0.1, 0.15) is 0 Å². The normalized spacial score (nSPS) is 10.8. The Morgan fingerprint density at radius 2 is 2.00 bits per heavy atom. The van der Waals surface area contributed by atoms with Crippen LogP contribution in [0, 0.1) is 18.3 Å². The largest absolute Gasteiger partial charge is 0.465 e. The molecule has 0 heterocycles. The molecule has 0 aliphatic heterocycles. The van der Waals surface area contributed by atoms with Crippen molar-refractivity contribution < 1.29 is 22.7 Å². The average molecular weight is 243 g/mol. The van der Waals surface area contributed by atoms with E-state index >= 15 is 0 Å². The highest BCUT2D eigenvalue weighted by Gasteiger charge is 2.34. The van der Waals surface area contributed by atoms with E-state index < -0.39 is 17.7 Å². The van der Waals surface area contributed by atoms with Gasteiger partial charge in [-0.2, -0.15) is 18.4 Å². The number of nitriles is 1. The van der Waals surface area contributed by atoms with Gasteiger partial charge in [0.25, 0.3) is 0 Å². The second-order valence-electron chi connectivity index (χ2n) is 3.30. The summed E-state index contributed by atoms with van der Waals surface area (Å²) >= 11 is 0. The summed E-state index contributed by atoms with van der Waals surface area (Å²) in [6.45, 7) is 1.18. The molecule has 0 saturated heterocycles. The molecule has 0 unspecified atom stereocenters. The van der Waals surface area contributed by atoms with E-state index in [0.29, 0.717) is 6.07 Å². The van der Waals surface area contributed by atoms with Gasteiger partial charge in [0.15, 0.2) is 0 Å². The third kappa shape index (κ3) is 2.56. The maximum Gasteiger partial charge on any atom is 0.416 e. The van der Waals surface area contributed by atoms with Gasteiger partial charge in [-0.05, 0) is 24.6 Å². The van der Waals surface area contributed by atoms with Crippen LogP contribution in [0.3, 0.4) is 0 Å². The number of carbonyl (C=O) groups excluding carboxylic acids is 1. The fraction of sp³-hybridized carbons (Fsp3) is 0.273. The third-order valence-electron chi connectivity index (χ3n) is 2.25. The van der Waals surface area contributed by atoms with Gasteiger partial charge < -0.3 is 4.74 Å². The summed E-state index contributed by atoms with van der Waals surface area (Å²) < 4.78 is 42.3. The zero-order valence-corrected chi connectivity index (χ0v) is 9.05. The van der Waals surface area contributed by atoms with Crippen molar-refractivity contribution in [2.24, 2.45) is 0 Å². The van der Waals surface area contributed by atoms with Crippen LogP contribution >= 0.6 is 0 Å². The molecule has 0 fully saturated rings. The highest BCUT2D eigenvalue weighted by Crippen LogP contribution is 2.33. The second kappa shape index (κ2) is 4.45. The highest BCUT2D eigenvalue weighted by atomic mass is 19.4. The summed E-state index contributed by atoms with van der Waals surface area (Å²) in [5, 5.41) is 8.72. The number of rotatable bonds is 1. The topological polar surface area (TPSA) is 50.1 Å². The molecule has 1 rings (SSSR count). The molecule has 90 valence electrons. The molecule has 0 bridgehead atoms. The molecule has 0 amide bonds. The van der Waals surface area contributed by atoms with E-state index in [9.17, 15) is 18.0 Å². The van der Waals surface area contributed by atoms with Crippen LogP contribution in [0.1, 0.15) is 27.0 Å². The molecular formula is C11H8F3NO2. The number of alkyl halides is 3. The van der Waals surface area contributed by atoms with Gasteiger partial charge in [0.2, 0.25) is 0 Å². The van der Waals surface area contributed by atoms with Gasteiger partial charge in [-0.25, -0.2) is 4.79 Å². The predicted molar refractivity (Wildman–Crippen MR) is 52.2 cm³/mol. The zero-order chi connectivity index (χ0) is 13.2. The molecule has 17 heavy (non-hydrogen) atoms. The Bertz CT molecular complexity index is 501. The molecule has 3 nitrogen and oxygen atoms in total. The Morgan fingerprint density at radius 3 is 2.41 bits per heavy atom. The number of carbonyl (C=O) groups is 1. The van der Waals surface area contributed by atoms with E-state index in [2.05, 4.69) is 4.74 Å². The summed E-state index contributed by atoms with van der Waals surface area (Å²) in [7, 11) is 1.06. The fourth-order valence-corrected chi connectivity index (χ4v) is 1.36. The summed E-state index contributed by atoms with van der Waals surface area (Å²) in [5.41, 5.74) is -1.69. The second-order valence-corrected chi connectivity index (χ2v) is 3.30. The molecule has 0 aliphatic carbocycles. The Morgan fingerprint density at radius 1 is 1.41 bits per heavy atom. The minimum Gasteiger partial charge on any atom is -0.465 e.